The molecular weight excluding hydrogens is 1620 g/mol. The third kappa shape index (κ3) is 16.3. The van der Waals surface area contributed by atoms with Crippen molar-refractivity contribution in [1.29, 1.82) is 0 Å². The van der Waals surface area contributed by atoms with Crippen molar-refractivity contribution in [2.45, 2.75) is 0 Å². The third-order valence-corrected chi connectivity index (χ3v) is 24.8. The molecule has 2 N–H and O–H groups in total. The van der Waals surface area contributed by atoms with Gasteiger partial charge in [0.25, 0.3) is 0 Å². The normalized spacial score (nSPS) is 11.1. The Labute approximate surface area is 755 Å². The van der Waals surface area contributed by atoms with Crippen LogP contribution in [0.5, 0.6) is 0 Å². The van der Waals surface area contributed by atoms with Gasteiger partial charge in [0.15, 0.2) is 0 Å². The number of pyridine rings is 2. The van der Waals surface area contributed by atoms with Crippen LogP contribution in [0.25, 0.3) is 210 Å². The second-order valence-electron chi connectivity index (χ2n) is 31.9. The van der Waals surface area contributed by atoms with Crippen molar-refractivity contribution < 1.29 is 10.0 Å². The molecule has 0 bridgehead atoms. The molecule has 604 valence electrons. The van der Waals surface area contributed by atoms with E-state index >= 15 is 0 Å². The number of aromatic nitrogens is 2. The summed E-state index contributed by atoms with van der Waals surface area (Å²) in [5.41, 5.74) is 36.5. The van der Waals surface area contributed by atoms with Gasteiger partial charge in [-0.2, -0.15) is 0 Å². The summed E-state index contributed by atoms with van der Waals surface area (Å²) >= 11 is 3.75. The number of nitrogens with zero attached hydrogens (tertiary/aromatic N) is 2. The van der Waals surface area contributed by atoms with Gasteiger partial charge in [-0.25, -0.2) is 0 Å². The number of fused-ring (bicyclic) bond motifs is 4. The smallest absolute Gasteiger partial charge is 0.423 e. The highest BCUT2D eigenvalue weighted by Gasteiger charge is 2.28. The molecule has 0 atom stereocenters. The summed E-state index contributed by atoms with van der Waals surface area (Å²) in [7, 11) is -1.38. The maximum atomic E-state index is 8.55. The number of hydrogen-bond donors (Lipinski definition) is 2. The van der Waals surface area contributed by atoms with E-state index in [1.807, 2.05) is 12.4 Å². The molecule has 0 fully saturated rings. The first-order chi connectivity index (χ1) is 63.3. The molecule has 128 heavy (non-hydrogen) atoms. The van der Waals surface area contributed by atoms with Gasteiger partial charge < -0.3 is 10.0 Å². The average Bonchev–Trinajstić information content (AvgIpc) is 0.739. The van der Waals surface area contributed by atoms with Crippen molar-refractivity contribution >= 4 is 71.6 Å². The molecule has 0 saturated carbocycles. The van der Waals surface area contributed by atoms with Crippen molar-refractivity contribution in [3.63, 3.8) is 0 Å². The molecule has 0 aliphatic rings. The van der Waals surface area contributed by atoms with Gasteiger partial charge in [-0.3, -0.25) is 9.97 Å². The van der Waals surface area contributed by atoms with E-state index in [4.69, 9.17) is 10.0 Å². The SMILES string of the molecule is Brc1cccc(-c2c3ccccc3c(-c3cccc(-c4cc(-c5ccccc5)c(-c5ccccc5)c(-c5ccccc5)c4-c4ccccc4)c3)c3ccccc23)c1.OB(O)c1ccncc1.c1ccc(-c2cc(-c3cccc(-c4c5ccccc5c(-c5cccc(-c6ccncc6)c5)c5ccccc45)c3)c(-c3ccccc3)c(-c3ccccc3)c2-c2ccccc2)cc1. The van der Waals surface area contributed by atoms with Crippen LogP contribution in [-0.4, -0.2) is 27.1 Å². The molecule has 2 heterocycles. The van der Waals surface area contributed by atoms with Crippen LogP contribution >= 0.6 is 15.9 Å². The molecule has 0 radical (unpaired) electrons. The van der Waals surface area contributed by atoms with Gasteiger partial charge in [0.1, 0.15) is 0 Å². The lowest BCUT2D eigenvalue weighted by Crippen LogP contribution is -2.29. The first-order valence-electron chi connectivity index (χ1n) is 43.3. The van der Waals surface area contributed by atoms with Crippen LogP contribution in [-0.2, 0) is 0 Å². The van der Waals surface area contributed by atoms with Crippen molar-refractivity contribution in [2.75, 3.05) is 0 Å². The summed E-state index contributed by atoms with van der Waals surface area (Å²) in [4.78, 5) is 7.98. The minimum absolute atomic E-state index is 0.463. The highest BCUT2D eigenvalue weighted by molar-refractivity contribution is 9.10. The summed E-state index contributed by atoms with van der Waals surface area (Å²) in [6.45, 7) is 0. The van der Waals surface area contributed by atoms with Gasteiger partial charge in [0.2, 0.25) is 0 Å². The Kier molecular flexibility index (Phi) is 23.3. The van der Waals surface area contributed by atoms with Crippen LogP contribution < -0.4 is 5.46 Å². The number of hydrogen-bond acceptors (Lipinski definition) is 4. The lowest BCUT2D eigenvalue weighted by molar-refractivity contribution is 0.425. The Bertz CT molecular complexity index is 7610. The van der Waals surface area contributed by atoms with E-state index in [1.165, 1.54) is 211 Å². The fraction of sp³-hybridized carbons (Fsp3) is 0. The molecule has 0 aliphatic heterocycles. The Hall–Kier alpha value is -15.8. The largest absolute Gasteiger partial charge is 0.488 e. The molecule has 20 aromatic carbocycles. The van der Waals surface area contributed by atoms with Crippen molar-refractivity contribution in [1.82, 2.24) is 9.97 Å². The van der Waals surface area contributed by atoms with E-state index in [2.05, 4.69) is 487 Å². The van der Waals surface area contributed by atoms with Crippen molar-refractivity contribution in [3.8, 4) is 167 Å². The predicted octanol–water partition coefficient (Wildman–Crippen LogP) is 31.9. The molecule has 22 aromatic rings. The number of benzene rings is 20. The highest BCUT2D eigenvalue weighted by atomic mass is 79.9. The molecule has 4 nitrogen and oxygen atoms in total. The van der Waals surface area contributed by atoms with Gasteiger partial charge in [0.05, 0.1) is 0 Å². The maximum Gasteiger partial charge on any atom is 0.488 e. The lowest BCUT2D eigenvalue weighted by Gasteiger charge is -2.25. The fourth-order valence-electron chi connectivity index (χ4n) is 18.7. The Morgan fingerprint density at radius 1 is 0.156 bits per heavy atom. The molecular formula is C122H84BBrN2O2. The maximum absolute atomic E-state index is 8.55. The molecule has 6 heteroatoms. The molecule has 0 spiro atoms. The second-order valence-corrected chi connectivity index (χ2v) is 32.9. The third-order valence-electron chi connectivity index (χ3n) is 24.3. The zero-order valence-electron chi connectivity index (χ0n) is 70.1. The predicted molar refractivity (Wildman–Crippen MR) is 544 cm³/mol. The van der Waals surface area contributed by atoms with Gasteiger partial charge >= 0.3 is 7.12 Å². The van der Waals surface area contributed by atoms with Gasteiger partial charge in [0, 0.05) is 29.3 Å². The van der Waals surface area contributed by atoms with Crippen LogP contribution in [0.2, 0.25) is 0 Å². The van der Waals surface area contributed by atoms with E-state index in [1.54, 1.807) is 12.1 Å². The molecule has 0 aliphatic carbocycles. The molecule has 2 aromatic heterocycles. The highest BCUT2D eigenvalue weighted by Crippen LogP contribution is 2.55. The summed E-state index contributed by atoms with van der Waals surface area (Å²) in [5.74, 6) is 0. The Morgan fingerprint density at radius 3 is 0.641 bits per heavy atom. The standard InChI is InChI=1S/C61H41N.C56H37Br.C5H6BNO2/c1-5-19-43(20-6-1)55-41-56(60(45-23-9-3-10-24-45)61(46-25-11-4-12-26-46)59(55)44-21-7-2-8-22-44)48-28-18-30-50(40-48)58-53-33-15-13-31-51(53)57(52-32-14-16-34-54(52)58)49-29-17-27-47(39-49)42-35-37-62-38-36-42;57-45-30-18-29-44(36-45)53-48-33-15-13-31-46(48)52(47-32-14-16-34-49(47)53)43-28-17-27-42(35-43)51-37-50(38-19-5-1-6-20-38)54(39-21-7-2-8-22-39)56(41-25-11-4-12-26-41)55(51)40-23-9-3-10-24-40;8-6(9)5-1-3-7-4-2-5/h1-41H;1-37H;1-4,8-9H. The van der Waals surface area contributed by atoms with Gasteiger partial charge in [-0.1, -0.05) is 422 Å². The van der Waals surface area contributed by atoms with Crippen LogP contribution in [0.1, 0.15) is 0 Å². The van der Waals surface area contributed by atoms with Crippen LogP contribution in [0.3, 0.4) is 0 Å². The topological polar surface area (TPSA) is 66.2 Å². The van der Waals surface area contributed by atoms with E-state index in [0.29, 0.717) is 5.46 Å². The Morgan fingerprint density at radius 2 is 0.367 bits per heavy atom. The van der Waals surface area contributed by atoms with Gasteiger partial charge in [-0.15, -0.1) is 0 Å². The summed E-state index contributed by atoms with van der Waals surface area (Å²) in [6.07, 6.45) is 6.74. The summed E-state index contributed by atoms with van der Waals surface area (Å²) in [6, 6.07) is 171. The monoisotopic (exact) mass is 1700 g/mol. The average molecular weight is 1700 g/mol. The molecule has 0 unspecified atom stereocenters. The van der Waals surface area contributed by atoms with Crippen LogP contribution in [0, 0.1) is 0 Å². The van der Waals surface area contributed by atoms with Crippen molar-refractivity contribution in [3.05, 3.63) is 502 Å². The molecule has 22 rings (SSSR count). The van der Waals surface area contributed by atoms with E-state index in [0.717, 1.165) is 15.6 Å². The van der Waals surface area contributed by atoms with Crippen LogP contribution in [0.4, 0.5) is 0 Å². The van der Waals surface area contributed by atoms with E-state index in [-0.39, 0.29) is 0 Å². The zero-order chi connectivity index (χ0) is 86.1. The lowest BCUT2D eigenvalue weighted by atomic mass is 9.78. The first kappa shape index (κ1) is 80.6. The molecule has 0 saturated heterocycles. The number of halogens is 1. The summed E-state index contributed by atoms with van der Waals surface area (Å²) in [5, 5.41) is 27.0. The minimum Gasteiger partial charge on any atom is -0.423 e. The van der Waals surface area contributed by atoms with E-state index < -0.39 is 7.12 Å². The summed E-state index contributed by atoms with van der Waals surface area (Å²) < 4.78 is 1.07. The number of rotatable bonds is 16. The second kappa shape index (κ2) is 36.9. The first-order valence-corrected chi connectivity index (χ1v) is 44.1. The quantitative estimate of drug-likeness (QED) is 0.0747. The minimum atomic E-state index is -1.38. The fourth-order valence-corrected chi connectivity index (χ4v) is 19.1. The Balaban J connectivity index is 0.000000147. The zero-order valence-corrected chi connectivity index (χ0v) is 71.7. The van der Waals surface area contributed by atoms with Gasteiger partial charge in [-0.05, 0) is 282 Å². The van der Waals surface area contributed by atoms with E-state index in [9.17, 15) is 0 Å². The van der Waals surface area contributed by atoms with Crippen molar-refractivity contribution in [2.24, 2.45) is 0 Å². The van der Waals surface area contributed by atoms with Crippen LogP contribution in [0.15, 0.2) is 502 Å². The molecule has 0 amide bonds.